The molecule has 0 aromatic carbocycles. The molecule has 0 radical (unpaired) electrons. The first kappa shape index (κ1) is 10.3. The highest BCUT2D eigenvalue weighted by Crippen LogP contribution is 2.00. The van der Waals surface area contributed by atoms with Gasteiger partial charge in [-0.3, -0.25) is 4.68 Å². The Morgan fingerprint density at radius 2 is 2.54 bits per heavy atom. The second kappa shape index (κ2) is 4.45. The molecule has 0 saturated carbocycles. The van der Waals surface area contributed by atoms with Gasteiger partial charge in [0.05, 0.1) is 16.3 Å². The molecule has 0 fully saturated rings. The summed E-state index contributed by atoms with van der Waals surface area (Å²) < 4.78 is 2.77. The molecule has 1 amide bonds. The third-order valence-electron chi connectivity index (χ3n) is 1.59. The van der Waals surface area contributed by atoms with Gasteiger partial charge in [0, 0.05) is 19.8 Å². The summed E-state index contributed by atoms with van der Waals surface area (Å²) in [6, 6.07) is 0. The standard InChI is InChI=1S/C7H10IN3O2/c1-10(7(12)13)2-3-11-5-6(8)4-9-11/h4-5H,2-3H2,1H3,(H,12,13). The summed E-state index contributed by atoms with van der Waals surface area (Å²) in [5, 5.41) is 12.6. The average molecular weight is 295 g/mol. The lowest BCUT2D eigenvalue weighted by molar-refractivity contribution is 0.154. The summed E-state index contributed by atoms with van der Waals surface area (Å²) in [6.07, 6.45) is 2.69. The number of amides is 1. The van der Waals surface area contributed by atoms with Gasteiger partial charge < -0.3 is 10.0 Å². The molecule has 0 aliphatic rings. The normalized spacial score (nSPS) is 10.0. The maximum atomic E-state index is 10.4. The van der Waals surface area contributed by atoms with E-state index in [4.69, 9.17) is 5.11 Å². The molecule has 0 unspecified atom stereocenters. The van der Waals surface area contributed by atoms with Crippen LogP contribution in [0.1, 0.15) is 0 Å². The van der Waals surface area contributed by atoms with Crippen LogP contribution in [0, 0.1) is 3.57 Å². The molecule has 1 N–H and O–H groups in total. The molecule has 0 aliphatic carbocycles. The Kier molecular flexibility index (Phi) is 3.52. The van der Waals surface area contributed by atoms with Crippen LogP contribution < -0.4 is 0 Å². The van der Waals surface area contributed by atoms with Gasteiger partial charge in [-0.25, -0.2) is 4.79 Å². The summed E-state index contributed by atoms with van der Waals surface area (Å²) >= 11 is 2.16. The van der Waals surface area contributed by atoms with Gasteiger partial charge in [0.15, 0.2) is 0 Å². The van der Waals surface area contributed by atoms with Crippen LogP contribution >= 0.6 is 22.6 Å². The topological polar surface area (TPSA) is 58.4 Å². The van der Waals surface area contributed by atoms with Gasteiger partial charge in [-0.2, -0.15) is 5.10 Å². The first-order chi connectivity index (χ1) is 6.09. The van der Waals surface area contributed by atoms with Crippen molar-refractivity contribution in [1.82, 2.24) is 14.7 Å². The lowest BCUT2D eigenvalue weighted by Crippen LogP contribution is -2.28. The van der Waals surface area contributed by atoms with Crippen molar-refractivity contribution >= 4 is 28.7 Å². The van der Waals surface area contributed by atoms with Crippen molar-refractivity contribution < 1.29 is 9.90 Å². The quantitative estimate of drug-likeness (QED) is 0.849. The lowest BCUT2D eigenvalue weighted by atomic mass is 10.6. The van der Waals surface area contributed by atoms with Crippen molar-refractivity contribution in [3.05, 3.63) is 16.0 Å². The first-order valence-electron chi connectivity index (χ1n) is 3.71. The highest BCUT2D eigenvalue weighted by molar-refractivity contribution is 14.1. The zero-order valence-corrected chi connectivity index (χ0v) is 9.30. The maximum Gasteiger partial charge on any atom is 0.407 e. The van der Waals surface area contributed by atoms with Crippen molar-refractivity contribution in [3.8, 4) is 0 Å². The fraction of sp³-hybridized carbons (Fsp3) is 0.429. The van der Waals surface area contributed by atoms with Crippen molar-refractivity contribution in [2.24, 2.45) is 0 Å². The van der Waals surface area contributed by atoms with Crippen LogP contribution in [-0.4, -0.2) is 39.5 Å². The summed E-state index contributed by atoms with van der Waals surface area (Å²) in [5.74, 6) is 0. The average Bonchev–Trinajstić information content (AvgIpc) is 2.47. The minimum Gasteiger partial charge on any atom is -0.465 e. The second-order valence-electron chi connectivity index (χ2n) is 2.63. The predicted molar refractivity (Wildman–Crippen MR) is 55.6 cm³/mol. The van der Waals surface area contributed by atoms with E-state index >= 15 is 0 Å². The number of halogens is 1. The van der Waals surface area contributed by atoms with E-state index in [1.807, 2.05) is 6.20 Å². The highest BCUT2D eigenvalue weighted by atomic mass is 127. The minimum atomic E-state index is -0.915. The number of carbonyl (C=O) groups is 1. The van der Waals surface area contributed by atoms with Crippen molar-refractivity contribution in [2.45, 2.75) is 6.54 Å². The molecular weight excluding hydrogens is 285 g/mol. The predicted octanol–water partition coefficient (Wildman–Crippen LogP) is 1.10. The smallest absolute Gasteiger partial charge is 0.407 e. The monoisotopic (exact) mass is 295 g/mol. The summed E-state index contributed by atoms with van der Waals surface area (Å²) in [7, 11) is 1.54. The first-order valence-corrected chi connectivity index (χ1v) is 4.79. The largest absolute Gasteiger partial charge is 0.465 e. The molecule has 1 heterocycles. The van der Waals surface area contributed by atoms with E-state index in [9.17, 15) is 4.79 Å². The van der Waals surface area contributed by atoms with Gasteiger partial charge in [0.2, 0.25) is 0 Å². The van der Waals surface area contributed by atoms with Crippen LogP contribution in [0.2, 0.25) is 0 Å². The number of aromatic nitrogens is 2. The van der Waals surface area contributed by atoms with Gasteiger partial charge in [0.25, 0.3) is 0 Å². The molecule has 0 bridgehead atoms. The summed E-state index contributed by atoms with van der Waals surface area (Å²) in [5.41, 5.74) is 0. The second-order valence-corrected chi connectivity index (χ2v) is 3.87. The van der Waals surface area contributed by atoms with Gasteiger partial charge >= 0.3 is 6.09 Å². The number of carboxylic acid groups (broad SMARTS) is 1. The fourth-order valence-electron chi connectivity index (χ4n) is 0.809. The minimum absolute atomic E-state index is 0.451. The highest BCUT2D eigenvalue weighted by Gasteiger charge is 2.04. The Morgan fingerprint density at radius 1 is 1.85 bits per heavy atom. The molecule has 0 saturated heterocycles. The van der Waals surface area contributed by atoms with Crippen LogP contribution in [0.5, 0.6) is 0 Å². The molecule has 5 nitrogen and oxygen atoms in total. The summed E-state index contributed by atoms with van der Waals surface area (Å²) in [4.78, 5) is 11.7. The van der Waals surface area contributed by atoms with E-state index in [-0.39, 0.29) is 0 Å². The Bertz CT molecular complexity index is 300. The molecule has 13 heavy (non-hydrogen) atoms. The van der Waals surface area contributed by atoms with E-state index in [0.29, 0.717) is 13.1 Å². The molecule has 6 heteroatoms. The Labute approximate surface area is 89.5 Å². The number of hydrogen-bond donors (Lipinski definition) is 1. The number of hydrogen-bond acceptors (Lipinski definition) is 2. The molecule has 0 atom stereocenters. The molecule has 0 spiro atoms. The zero-order chi connectivity index (χ0) is 9.84. The number of likely N-dealkylation sites (N-methyl/N-ethyl adjacent to an activating group) is 1. The van der Waals surface area contributed by atoms with Crippen LogP contribution in [0.15, 0.2) is 12.4 Å². The molecular formula is C7H10IN3O2. The fourth-order valence-corrected chi connectivity index (χ4v) is 1.25. The van der Waals surface area contributed by atoms with Gasteiger partial charge in [-0.05, 0) is 22.6 Å². The van der Waals surface area contributed by atoms with Crippen LogP contribution in [0.25, 0.3) is 0 Å². The van der Waals surface area contributed by atoms with Crippen LogP contribution in [-0.2, 0) is 6.54 Å². The third-order valence-corrected chi connectivity index (χ3v) is 2.15. The molecule has 1 aromatic heterocycles. The van der Waals surface area contributed by atoms with Gasteiger partial charge in [0.1, 0.15) is 0 Å². The van der Waals surface area contributed by atoms with E-state index in [2.05, 4.69) is 27.7 Å². The Balaban J connectivity index is 2.39. The molecule has 1 aromatic rings. The Hall–Kier alpha value is -0.790. The van der Waals surface area contributed by atoms with Crippen molar-refractivity contribution in [3.63, 3.8) is 0 Å². The number of nitrogens with zero attached hydrogens (tertiary/aromatic N) is 3. The van der Waals surface area contributed by atoms with Gasteiger partial charge in [-0.15, -0.1) is 0 Å². The van der Waals surface area contributed by atoms with Crippen molar-refractivity contribution in [2.75, 3.05) is 13.6 Å². The lowest BCUT2D eigenvalue weighted by Gasteiger charge is -2.11. The maximum absolute atomic E-state index is 10.4. The molecule has 0 aliphatic heterocycles. The SMILES string of the molecule is CN(CCn1cc(I)cn1)C(=O)O. The van der Waals surface area contributed by atoms with E-state index in [1.54, 1.807) is 10.9 Å². The zero-order valence-electron chi connectivity index (χ0n) is 7.14. The summed E-state index contributed by atoms with van der Waals surface area (Å²) in [6.45, 7) is 1.04. The van der Waals surface area contributed by atoms with Crippen LogP contribution in [0.3, 0.4) is 0 Å². The Morgan fingerprint density at radius 3 is 3.00 bits per heavy atom. The third kappa shape index (κ3) is 3.21. The number of rotatable bonds is 3. The molecule has 72 valence electrons. The van der Waals surface area contributed by atoms with E-state index in [1.165, 1.54) is 11.9 Å². The molecule has 1 rings (SSSR count). The van der Waals surface area contributed by atoms with E-state index < -0.39 is 6.09 Å². The van der Waals surface area contributed by atoms with Crippen molar-refractivity contribution in [1.29, 1.82) is 0 Å². The van der Waals surface area contributed by atoms with Crippen LogP contribution in [0.4, 0.5) is 4.79 Å². The van der Waals surface area contributed by atoms with Gasteiger partial charge in [-0.1, -0.05) is 0 Å². The van der Waals surface area contributed by atoms with E-state index in [0.717, 1.165) is 3.57 Å².